The van der Waals surface area contributed by atoms with Gasteiger partial charge < -0.3 is 10.4 Å². The van der Waals surface area contributed by atoms with E-state index in [9.17, 15) is 9.90 Å². The molecule has 0 spiro atoms. The number of pyridine rings is 1. The summed E-state index contributed by atoms with van der Waals surface area (Å²) >= 11 is 0. The van der Waals surface area contributed by atoms with E-state index in [0.29, 0.717) is 17.3 Å². The Morgan fingerprint density at radius 3 is 2.57 bits per heavy atom. The number of amidine groups is 1. The maximum atomic E-state index is 12.2. The van der Waals surface area contributed by atoms with Gasteiger partial charge in [-0.25, -0.2) is 0 Å². The van der Waals surface area contributed by atoms with Crippen molar-refractivity contribution in [3.05, 3.63) is 35.8 Å². The Balaban J connectivity index is 1.81. The van der Waals surface area contributed by atoms with Crippen molar-refractivity contribution < 1.29 is 9.90 Å². The van der Waals surface area contributed by atoms with Gasteiger partial charge in [0.25, 0.3) is 5.91 Å². The largest absolute Gasteiger partial charge is 0.505 e. The second kappa shape index (κ2) is 5.95. The maximum absolute atomic E-state index is 12.2. The number of aromatic nitrogens is 1. The first-order chi connectivity index (χ1) is 10.3. The van der Waals surface area contributed by atoms with Gasteiger partial charge in [-0.2, -0.15) is 5.10 Å². The van der Waals surface area contributed by atoms with E-state index in [4.69, 9.17) is 0 Å². The van der Waals surface area contributed by atoms with E-state index in [1.54, 1.807) is 24.5 Å². The number of aliphatic hydroxyl groups is 1. The minimum atomic E-state index is -0.347. The van der Waals surface area contributed by atoms with E-state index in [2.05, 4.69) is 20.8 Å². The van der Waals surface area contributed by atoms with Crippen molar-refractivity contribution in [3.63, 3.8) is 0 Å². The van der Waals surface area contributed by atoms with Crippen molar-refractivity contribution in [2.45, 2.75) is 32.1 Å². The highest BCUT2D eigenvalue weighted by Crippen LogP contribution is 2.25. The lowest BCUT2D eigenvalue weighted by molar-refractivity contribution is -0.116. The lowest BCUT2D eigenvalue weighted by atomic mass is 9.88. The zero-order valence-electron chi connectivity index (χ0n) is 11.7. The van der Waals surface area contributed by atoms with Crippen molar-refractivity contribution in [2.75, 3.05) is 0 Å². The summed E-state index contributed by atoms with van der Waals surface area (Å²) in [6.07, 6.45) is 8.81. The van der Waals surface area contributed by atoms with Gasteiger partial charge in [-0.05, 0) is 25.0 Å². The smallest absolute Gasteiger partial charge is 0.278 e. The van der Waals surface area contributed by atoms with Crippen LogP contribution in [-0.4, -0.2) is 21.8 Å². The molecule has 2 aliphatic rings. The van der Waals surface area contributed by atoms with Crippen LogP contribution in [0.4, 0.5) is 0 Å². The maximum Gasteiger partial charge on any atom is 0.278 e. The molecule has 3 N–H and O–H groups in total. The van der Waals surface area contributed by atoms with Gasteiger partial charge in [-0.15, -0.1) is 0 Å². The highest BCUT2D eigenvalue weighted by Gasteiger charge is 2.27. The predicted octanol–water partition coefficient (Wildman–Crippen LogP) is 1.92. The minimum Gasteiger partial charge on any atom is -0.505 e. The standard InChI is InChI=1S/C15H18N4O2/c20-13(10-6-8-16-9-7-10)12-15(21)17-14(19-18-12)11-4-2-1-3-5-11/h6-9,11,18,20H,1-5H2,(H,17,19,21)/b13-12+. The van der Waals surface area contributed by atoms with Gasteiger partial charge in [0.2, 0.25) is 0 Å². The molecule has 21 heavy (non-hydrogen) atoms. The van der Waals surface area contributed by atoms with Crippen molar-refractivity contribution in [2.24, 2.45) is 11.0 Å². The van der Waals surface area contributed by atoms with Gasteiger partial charge in [0, 0.05) is 23.9 Å². The molecular weight excluding hydrogens is 268 g/mol. The molecule has 6 nitrogen and oxygen atoms in total. The summed E-state index contributed by atoms with van der Waals surface area (Å²) in [7, 11) is 0. The number of hydrogen-bond donors (Lipinski definition) is 3. The highest BCUT2D eigenvalue weighted by atomic mass is 16.3. The van der Waals surface area contributed by atoms with Crippen LogP contribution in [0.25, 0.3) is 5.76 Å². The Morgan fingerprint density at radius 1 is 1.19 bits per heavy atom. The fourth-order valence-corrected chi connectivity index (χ4v) is 2.76. The molecular formula is C15H18N4O2. The van der Waals surface area contributed by atoms with Crippen LogP contribution in [-0.2, 0) is 4.79 Å². The first-order valence-electron chi connectivity index (χ1n) is 7.24. The number of carbonyl (C=O) groups excluding carboxylic acids is 1. The Morgan fingerprint density at radius 2 is 1.90 bits per heavy atom. The van der Waals surface area contributed by atoms with E-state index in [0.717, 1.165) is 12.8 Å². The summed E-state index contributed by atoms with van der Waals surface area (Å²) in [6, 6.07) is 3.27. The summed E-state index contributed by atoms with van der Waals surface area (Å²) < 4.78 is 0. The summed E-state index contributed by atoms with van der Waals surface area (Å²) in [5.74, 6) is 0.520. The molecule has 1 aliphatic carbocycles. The molecule has 1 aliphatic heterocycles. The molecule has 0 radical (unpaired) electrons. The summed E-state index contributed by atoms with van der Waals surface area (Å²) in [5, 5.41) is 17.2. The average Bonchev–Trinajstić information content (AvgIpc) is 2.56. The van der Waals surface area contributed by atoms with E-state index in [-0.39, 0.29) is 17.4 Å². The molecule has 0 bridgehead atoms. The summed E-state index contributed by atoms with van der Waals surface area (Å²) in [5.41, 5.74) is 3.30. The van der Waals surface area contributed by atoms with Crippen molar-refractivity contribution in [1.82, 2.24) is 15.7 Å². The quantitative estimate of drug-likeness (QED) is 0.572. The van der Waals surface area contributed by atoms with Gasteiger partial charge in [0.15, 0.2) is 11.5 Å². The predicted molar refractivity (Wildman–Crippen MR) is 79.1 cm³/mol. The van der Waals surface area contributed by atoms with Crippen LogP contribution in [0.1, 0.15) is 37.7 Å². The van der Waals surface area contributed by atoms with E-state index >= 15 is 0 Å². The number of rotatable bonds is 2. The number of aliphatic hydroxyl groups excluding tert-OH is 1. The molecule has 2 heterocycles. The van der Waals surface area contributed by atoms with Crippen LogP contribution < -0.4 is 10.7 Å². The minimum absolute atomic E-state index is 0.0701. The third kappa shape index (κ3) is 2.89. The average molecular weight is 286 g/mol. The normalized spacial score (nSPS) is 22.1. The lowest BCUT2D eigenvalue weighted by Gasteiger charge is -2.26. The van der Waals surface area contributed by atoms with Crippen LogP contribution in [0.3, 0.4) is 0 Å². The number of hydrogen-bond acceptors (Lipinski definition) is 5. The topological polar surface area (TPSA) is 86.6 Å². The Kier molecular flexibility index (Phi) is 3.85. The molecule has 1 aromatic rings. The molecule has 1 aromatic heterocycles. The third-order valence-corrected chi connectivity index (χ3v) is 3.94. The van der Waals surface area contributed by atoms with Crippen LogP contribution in [0.5, 0.6) is 0 Å². The highest BCUT2D eigenvalue weighted by molar-refractivity contribution is 6.11. The fraction of sp³-hybridized carbons (Fsp3) is 0.400. The van der Waals surface area contributed by atoms with Gasteiger partial charge in [0.05, 0.1) is 0 Å². The molecule has 0 aromatic carbocycles. The monoisotopic (exact) mass is 286 g/mol. The van der Waals surface area contributed by atoms with Crippen LogP contribution in [0.15, 0.2) is 35.3 Å². The van der Waals surface area contributed by atoms with Gasteiger partial charge in [-0.1, -0.05) is 19.3 Å². The van der Waals surface area contributed by atoms with E-state index in [1.807, 2.05) is 0 Å². The molecule has 0 saturated heterocycles. The molecule has 1 amide bonds. The van der Waals surface area contributed by atoms with Crippen LogP contribution in [0, 0.1) is 5.92 Å². The Hall–Kier alpha value is -2.37. The molecule has 3 rings (SSSR count). The van der Waals surface area contributed by atoms with E-state index < -0.39 is 0 Å². The second-order valence-electron chi connectivity index (χ2n) is 5.36. The van der Waals surface area contributed by atoms with Gasteiger partial charge in [-0.3, -0.25) is 15.2 Å². The van der Waals surface area contributed by atoms with Crippen molar-refractivity contribution >= 4 is 17.5 Å². The zero-order chi connectivity index (χ0) is 14.7. The molecule has 1 saturated carbocycles. The number of nitrogens with one attached hydrogen (secondary N) is 2. The SMILES string of the molecule is O=C1NC(C2CCCCC2)=NN/C1=C(/O)c1ccncc1. The Bertz CT molecular complexity index is 589. The zero-order valence-corrected chi connectivity index (χ0v) is 11.7. The van der Waals surface area contributed by atoms with Crippen LogP contribution in [0.2, 0.25) is 0 Å². The number of amides is 1. The molecule has 1 fully saturated rings. The van der Waals surface area contributed by atoms with Gasteiger partial charge in [0.1, 0.15) is 5.84 Å². The fourth-order valence-electron chi connectivity index (χ4n) is 2.76. The van der Waals surface area contributed by atoms with Crippen LogP contribution >= 0.6 is 0 Å². The Labute approximate surface area is 123 Å². The number of nitrogens with zero attached hydrogens (tertiary/aromatic N) is 2. The third-order valence-electron chi connectivity index (χ3n) is 3.94. The summed E-state index contributed by atoms with van der Waals surface area (Å²) in [6.45, 7) is 0. The number of hydrazone groups is 1. The first-order valence-corrected chi connectivity index (χ1v) is 7.24. The lowest BCUT2D eigenvalue weighted by Crippen LogP contribution is -2.45. The van der Waals surface area contributed by atoms with Gasteiger partial charge >= 0.3 is 0 Å². The van der Waals surface area contributed by atoms with Crippen molar-refractivity contribution in [3.8, 4) is 0 Å². The molecule has 110 valence electrons. The molecule has 6 heteroatoms. The molecule has 0 unspecified atom stereocenters. The van der Waals surface area contributed by atoms with Crippen molar-refractivity contribution in [1.29, 1.82) is 0 Å². The summed E-state index contributed by atoms with van der Waals surface area (Å²) in [4.78, 5) is 16.1. The molecule has 0 atom stereocenters. The van der Waals surface area contributed by atoms with E-state index in [1.165, 1.54) is 19.3 Å². The second-order valence-corrected chi connectivity index (χ2v) is 5.36. The first kappa shape index (κ1) is 13.6. The number of carbonyl (C=O) groups is 1.